The van der Waals surface area contributed by atoms with Gasteiger partial charge in [0.25, 0.3) is 11.8 Å². The van der Waals surface area contributed by atoms with Crippen LogP contribution in [-0.4, -0.2) is 59.0 Å². The number of unbranched alkanes of at least 4 members (excludes halogenated alkanes) is 1. The van der Waals surface area contributed by atoms with Crippen LogP contribution in [0.2, 0.25) is 0 Å². The topological polar surface area (TPSA) is 60.9 Å². The number of rotatable bonds is 7. The van der Waals surface area contributed by atoms with E-state index in [2.05, 4.69) is 4.90 Å². The summed E-state index contributed by atoms with van der Waals surface area (Å²) < 4.78 is 0. The van der Waals surface area contributed by atoms with E-state index >= 15 is 0 Å². The van der Waals surface area contributed by atoms with Crippen molar-refractivity contribution in [1.29, 1.82) is 0 Å². The molecule has 1 saturated heterocycles. The van der Waals surface area contributed by atoms with Gasteiger partial charge >= 0.3 is 0 Å². The van der Waals surface area contributed by atoms with Gasteiger partial charge in [-0.1, -0.05) is 18.6 Å². The molecule has 5 nitrogen and oxygen atoms in total. The highest BCUT2D eigenvalue weighted by molar-refractivity contribution is 6.21. The second kappa shape index (κ2) is 7.90. The van der Waals surface area contributed by atoms with Gasteiger partial charge in [-0.05, 0) is 57.3 Å². The molecule has 0 spiro atoms. The summed E-state index contributed by atoms with van der Waals surface area (Å²) in [5, 5.41) is 9.19. The Labute approximate surface area is 143 Å². The number of hydrogen-bond acceptors (Lipinski definition) is 4. The van der Waals surface area contributed by atoms with Gasteiger partial charge in [0.1, 0.15) is 0 Å². The van der Waals surface area contributed by atoms with Gasteiger partial charge in [-0.3, -0.25) is 14.5 Å². The zero-order valence-electron chi connectivity index (χ0n) is 14.1. The Hall–Kier alpha value is -1.72. The average Bonchev–Trinajstić information content (AvgIpc) is 2.85. The number of fused-ring (bicyclic) bond motifs is 1. The molecule has 2 amide bonds. The van der Waals surface area contributed by atoms with Crippen LogP contribution in [0.4, 0.5) is 0 Å². The summed E-state index contributed by atoms with van der Waals surface area (Å²) in [5.41, 5.74) is 1.06. The number of aliphatic hydroxyl groups excluding tert-OH is 1. The van der Waals surface area contributed by atoms with E-state index < -0.39 is 0 Å². The summed E-state index contributed by atoms with van der Waals surface area (Å²) in [6.07, 6.45) is 6.27. The normalized spacial score (nSPS) is 21.4. The van der Waals surface area contributed by atoms with E-state index in [1.165, 1.54) is 24.2 Å². The van der Waals surface area contributed by atoms with Crippen LogP contribution in [0.5, 0.6) is 0 Å². The number of aliphatic hydroxyl groups is 1. The van der Waals surface area contributed by atoms with Gasteiger partial charge < -0.3 is 10.0 Å². The van der Waals surface area contributed by atoms with Gasteiger partial charge in [0.05, 0.1) is 11.1 Å². The van der Waals surface area contributed by atoms with Crippen LogP contribution in [0.25, 0.3) is 0 Å². The highest BCUT2D eigenvalue weighted by atomic mass is 16.3. The Morgan fingerprint density at radius 1 is 1.00 bits per heavy atom. The quantitative estimate of drug-likeness (QED) is 0.615. The lowest BCUT2D eigenvalue weighted by Crippen LogP contribution is -2.40. The SMILES string of the molecule is O=C1c2ccccc2C(=O)N1CCCCN1CCCCC1CCO. The fourth-order valence-corrected chi connectivity index (χ4v) is 3.86. The molecule has 1 atom stereocenters. The second-order valence-corrected chi connectivity index (χ2v) is 6.71. The molecule has 1 aromatic rings. The van der Waals surface area contributed by atoms with E-state index in [1.807, 2.05) is 0 Å². The first-order valence-corrected chi connectivity index (χ1v) is 9.02. The van der Waals surface area contributed by atoms with Crippen LogP contribution in [0.1, 0.15) is 59.2 Å². The van der Waals surface area contributed by atoms with Crippen LogP contribution in [0.3, 0.4) is 0 Å². The Kier molecular flexibility index (Phi) is 5.63. The van der Waals surface area contributed by atoms with Gasteiger partial charge in [0, 0.05) is 19.2 Å². The molecular formula is C19H26N2O3. The summed E-state index contributed by atoms with van der Waals surface area (Å²) in [7, 11) is 0. The molecule has 0 saturated carbocycles. The third-order valence-corrected chi connectivity index (χ3v) is 5.17. The number of hydrogen-bond donors (Lipinski definition) is 1. The fraction of sp³-hybridized carbons (Fsp3) is 0.579. The molecule has 24 heavy (non-hydrogen) atoms. The van der Waals surface area contributed by atoms with Gasteiger partial charge in [-0.25, -0.2) is 0 Å². The third-order valence-electron chi connectivity index (χ3n) is 5.17. The van der Waals surface area contributed by atoms with E-state index in [1.54, 1.807) is 24.3 Å². The summed E-state index contributed by atoms with van der Waals surface area (Å²) in [6.45, 7) is 2.81. The maximum Gasteiger partial charge on any atom is 0.261 e. The lowest BCUT2D eigenvalue weighted by Gasteiger charge is -2.35. The van der Waals surface area contributed by atoms with Crippen molar-refractivity contribution in [3.8, 4) is 0 Å². The molecular weight excluding hydrogens is 304 g/mol. The summed E-state index contributed by atoms with van der Waals surface area (Å²) in [4.78, 5) is 28.5. The van der Waals surface area contributed by atoms with Crippen molar-refractivity contribution in [1.82, 2.24) is 9.80 Å². The monoisotopic (exact) mass is 330 g/mol. The molecule has 5 heteroatoms. The van der Waals surface area contributed by atoms with E-state index in [9.17, 15) is 14.7 Å². The summed E-state index contributed by atoms with van der Waals surface area (Å²) >= 11 is 0. The number of likely N-dealkylation sites (tertiary alicyclic amines) is 1. The zero-order valence-corrected chi connectivity index (χ0v) is 14.1. The Morgan fingerprint density at radius 2 is 1.67 bits per heavy atom. The van der Waals surface area contributed by atoms with Gasteiger partial charge in [0.15, 0.2) is 0 Å². The minimum absolute atomic E-state index is 0.160. The maximum atomic E-state index is 12.3. The molecule has 0 bridgehead atoms. The Bertz CT molecular complexity index is 565. The van der Waals surface area contributed by atoms with Crippen molar-refractivity contribution in [2.24, 2.45) is 0 Å². The first kappa shape index (κ1) is 17.1. The number of nitrogens with zero attached hydrogens (tertiary/aromatic N) is 2. The predicted molar refractivity (Wildman–Crippen MR) is 92.0 cm³/mol. The summed E-state index contributed by atoms with van der Waals surface area (Å²) in [5.74, 6) is -0.321. The number of imide groups is 1. The average molecular weight is 330 g/mol. The zero-order chi connectivity index (χ0) is 16.9. The van der Waals surface area contributed by atoms with Crippen molar-refractivity contribution in [2.45, 2.75) is 44.6 Å². The van der Waals surface area contributed by atoms with Crippen molar-refractivity contribution in [3.63, 3.8) is 0 Å². The lowest BCUT2D eigenvalue weighted by molar-refractivity contribution is 0.0646. The first-order chi connectivity index (χ1) is 11.7. The fourth-order valence-electron chi connectivity index (χ4n) is 3.86. The number of piperidine rings is 1. The molecule has 3 rings (SSSR count). The predicted octanol–water partition coefficient (Wildman–Crippen LogP) is 2.30. The van der Waals surface area contributed by atoms with E-state index in [0.29, 0.717) is 23.7 Å². The van der Waals surface area contributed by atoms with Crippen LogP contribution in [0, 0.1) is 0 Å². The van der Waals surface area contributed by atoms with Crippen molar-refractivity contribution in [3.05, 3.63) is 35.4 Å². The van der Waals surface area contributed by atoms with Crippen LogP contribution in [0.15, 0.2) is 24.3 Å². The van der Waals surface area contributed by atoms with Gasteiger partial charge in [-0.2, -0.15) is 0 Å². The highest BCUT2D eigenvalue weighted by Crippen LogP contribution is 2.23. The molecule has 0 aliphatic carbocycles. The van der Waals surface area contributed by atoms with Crippen LogP contribution >= 0.6 is 0 Å². The van der Waals surface area contributed by atoms with Crippen molar-refractivity contribution < 1.29 is 14.7 Å². The molecule has 1 aromatic carbocycles. The molecule has 130 valence electrons. The van der Waals surface area contributed by atoms with E-state index in [0.717, 1.165) is 32.4 Å². The number of benzene rings is 1. The minimum Gasteiger partial charge on any atom is -0.396 e. The molecule has 2 aliphatic rings. The maximum absolute atomic E-state index is 12.3. The number of amides is 2. The lowest BCUT2D eigenvalue weighted by atomic mass is 9.99. The van der Waals surface area contributed by atoms with Crippen molar-refractivity contribution in [2.75, 3.05) is 26.2 Å². The van der Waals surface area contributed by atoms with Crippen LogP contribution in [-0.2, 0) is 0 Å². The van der Waals surface area contributed by atoms with Crippen LogP contribution < -0.4 is 0 Å². The van der Waals surface area contributed by atoms with Gasteiger partial charge in [-0.15, -0.1) is 0 Å². The van der Waals surface area contributed by atoms with E-state index in [-0.39, 0.29) is 18.4 Å². The molecule has 1 unspecified atom stereocenters. The smallest absolute Gasteiger partial charge is 0.261 e. The first-order valence-electron chi connectivity index (χ1n) is 9.02. The minimum atomic E-state index is -0.160. The molecule has 1 fully saturated rings. The number of carbonyl (C=O) groups excluding carboxylic acids is 2. The summed E-state index contributed by atoms with van der Waals surface area (Å²) in [6, 6.07) is 7.53. The van der Waals surface area contributed by atoms with Crippen molar-refractivity contribution >= 4 is 11.8 Å². The standard InChI is InChI=1S/C19H26N2O3/c22-14-10-15-7-3-4-11-20(15)12-5-6-13-21-18(23)16-8-1-2-9-17(16)19(21)24/h1-2,8-9,15,22H,3-7,10-14H2. The Morgan fingerprint density at radius 3 is 2.33 bits per heavy atom. The van der Waals surface area contributed by atoms with E-state index in [4.69, 9.17) is 0 Å². The molecule has 2 heterocycles. The second-order valence-electron chi connectivity index (χ2n) is 6.71. The molecule has 0 radical (unpaired) electrons. The number of carbonyl (C=O) groups is 2. The highest BCUT2D eigenvalue weighted by Gasteiger charge is 2.34. The molecule has 2 aliphatic heterocycles. The van der Waals surface area contributed by atoms with Gasteiger partial charge in [0.2, 0.25) is 0 Å². The molecule has 0 aromatic heterocycles. The Balaban J connectivity index is 1.47. The largest absolute Gasteiger partial charge is 0.396 e. The molecule has 1 N–H and O–H groups in total. The third kappa shape index (κ3) is 3.52.